The van der Waals surface area contributed by atoms with Crippen molar-refractivity contribution in [1.29, 1.82) is 0 Å². The molecule has 0 aromatic rings. The van der Waals surface area contributed by atoms with E-state index in [4.69, 9.17) is 18.9 Å². The fourth-order valence-electron chi connectivity index (χ4n) is 3.53. The topological polar surface area (TPSA) is 199 Å². The van der Waals surface area contributed by atoms with E-state index in [2.05, 4.69) is 0 Å². The molecule has 0 radical (unpaired) electrons. The maximum Gasteiger partial charge on any atom is 0.187 e. The molecule has 2 heterocycles. The van der Waals surface area contributed by atoms with Gasteiger partial charge in [0.15, 0.2) is 12.6 Å². The van der Waals surface area contributed by atoms with Gasteiger partial charge in [0.05, 0.1) is 25.9 Å². The third-order valence-corrected chi connectivity index (χ3v) is 5.88. The Balaban J connectivity index is 1.94. The Hall–Kier alpha value is -1.00. The van der Waals surface area contributed by atoms with E-state index < -0.39 is 80.7 Å². The summed E-state index contributed by atoms with van der Waals surface area (Å²) in [7, 11) is 0. The van der Waals surface area contributed by atoms with Crippen LogP contribution < -0.4 is 0 Å². The lowest BCUT2D eigenvalue weighted by atomic mass is 9.98. The summed E-state index contributed by atoms with van der Waals surface area (Å²) in [6.45, 7) is 4.44. The molecule has 2 aliphatic heterocycles. The van der Waals surface area contributed by atoms with Gasteiger partial charge >= 0.3 is 0 Å². The molecule has 8 N–H and O–H groups in total. The van der Waals surface area contributed by atoms with Crippen molar-refractivity contribution in [2.45, 2.75) is 94.7 Å². The third-order valence-electron chi connectivity index (χ3n) is 5.88. The molecule has 0 aliphatic carbocycles. The number of ether oxygens (including phenoxy) is 4. The SMILES string of the molecule is CC(C)=CC[C@H](O)/C(C)=C/CO[C@H]1O[C@@H](CO[C@H]2O[C@H](CO)[C@@H](O)[C@H](O)[C@H]2O)[C@H](O)[C@@H](O)[C@@H]1O. The zero-order chi connectivity index (χ0) is 25.6. The molecule has 0 spiro atoms. The Kier molecular flexibility index (Phi) is 11.5. The van der Waals surface area contributed by atoms with Gasteiger partial charge in [-0.3, -0.25) is 0 Å². The van der Waals surface area contributed by atoms with Gasteiger partial charge in [0.2, 0.25) is 0 Å². The van der Waals surface area contributed by atoms with Crippen molar-refractivity contribution in [2.75, 3.05) is 19.8 Å². The number of hydrogen-bond donors (Lipinski definition) is 8. The highest BCUT2D eigenvalue weighted by atomic mass is 16.7. The van der Waals surface area contributed by atoms with Crippen LogP contribution in [-0.4, -0.2) is 128 Å². The zero-order valence-corrected chi connectivity index (χ0v) is 19.5. The smallest absolute Gasteiger partial charge is 0.187 e. The van der Waals surface area contributed by atoms with E-state index in [0.29, 0.717) is 12.0 Å². The summed E-state index contributed by atoms with van der Waals surface area (Å²) >= 11 is 0. The highest BCUT2D eigenvalue weighted by molar-refractivity contribution is 5.08. The summed E-state index contributed by atoms with van der Waals surface area (Å²) in [4.78, 5) is 0. The molecule has 0 saturated carbocycles. The molecule has 0 bridgehead atoms. The van der Waals surface area contributed by atoms with Crippen LogP contribution in [0.1, 0.15) is 27.2 Å². The second-order valence-corrected chi connectivity index (χ2v) is 8.86. The van der Waals surface area contributed by atoms with Crippen LogP contribution in [-0.2, 0) is 18.9 Å². The van der Waals surface area contributed by atoms with Crippen LogP contribution in [0.3, 0.4) is 0 Å². The minimum Gasteiger partial charge on any atom is -0.394 e. The van der Waals surface area contributed by atoms with Crippen LogP contribution in [0.5, 0.6) is 0 Å². The predicted molar refractivity (Wildman–Crippen MR) is 116 cm³/mol. The van der Waals surface area contributed by atoms with Crippen molar-refractivity contribution in [3.63, 3.8) is 0 Å². The van der Waals surface area contributed by atoms with Crippen LogP contribution in [0.2, 0.25) is 0 Å². The maximum atomic E-state index is 10.2. The minimum atomic E-state index is -1.65. The van der Waals surface area contributed by atoms with Crippen LogP contribution >= 0.6 is 0 Å². The molecule has 11 atom stereocenters. The molecule has 12 nitrogen and oxygen atoms in total. The summed E-state index contributed by atoms with van der Waals surface area (Å²) in [5, 5.41) is 79.8. The van der Waals surface area contributed by atoms with Gasteiger partial charge in [0.25, 0.3) is 0 Å². The van der Waals surface area contributed by atoms with Gasteiger partial charge in [0.1, 0.15) is 48.8 Å². The van der Waals surface area contributed by atoms with Crippen LogP contribution in [0.25, 0.3) is 0 Å². The van der Waals surface area contributed by atoms with Crippen LogP contribution in [0.4, 0.5) is 0 Å². The molecule has 34 heavy (non-hydrogen) atoms. The van der Waals surface area contributed by atoms with E-state index >= 15 is 0 Å². The first-order valence-electron chi connectivity index (χ1n) is 11.2. The molecular weight excluding hydrogens is 456 g/mol. The number of rotatable bonds is 10. The summed E-state index contributed by atoms with van der Waals surface area (Å²) < 4.78 is 21.6. The molecular formula is C22H38O12. The van der Waals surface area contributed by atoms with E-state index in [1.165, 1.54) is 0 Å². The standard InChI is InChI=1S/C22H38O12/c1-10(2)4-5-12(24)11(3)6-7-31-21-19(29)18(28)16(26)14(34-21)9-32-22-20(30)17(27)15(25)13(8-23)33-22/h4,6,12-30H,5,7-9H2,1-3H3/b11-6+/t12-,13+,14-,15+,16-,17-,18+,19-,20+,21-,22-/m0/s1. The summed E-state index contributed by atoms with van der Waals surface area (Å²) in [5.41, 5.74) is 1.72. The van der Waals surface area contributed by atoms with E-state index in [1.807, 2.05) is 19.9 Å². The van der Waals surface area contributed by atoms with Crippen molar-refractivity contribution < 1.29 is 59.8 Å². The molecule has 0 unspecified atom stereocenters. The maximum absolute atomic E-state index is 10.2. The first-order valence-corrected chi connectivity index (χ1v) is 11.2. The first-order chi connectivity index (χ1) is 16.0. The number of aliphatic hydroxyl groups is 8. The van der Waals surface area contributed by atoms with Gasteiger partial charge in [-0.1, -0.05) is 17.7 Å². The van der Waals surface area contributed by atoms with E-state index in [0.717, 1.165) is 5.57 Å². The van der Waals surface area contributed by atoms with Crippen molar-refractivity contribution in [3.8, 4) is 0 Å². The van der Waals surface area contributed by atoms with Gasteiger partial charge in [-0.15, -0.1) is 0 Å². The zero-order valence-electron chi connectivity index (χ0n) is 19.5. The Labute approximate surface area is 198 Å². The van der Waals surface area contributed by atoms with Gasteiger partial charge in [-0.2, -0.15) is 0 Å². The van der Waals surface area contributed by atoms with Gasteiger partial charge in [-0.25, -0.2) is 0 Å². The van der Waals surface area contributed by atoms with E-state index in [-0.39, 0.29) is 6.61 Å². The largest absolute Gasteiger partial charge is 0.394 e. The molecule has 2 saturated heterocycles. The normalized spacial score (nSPS) is 40.1. The van der Waals surface area contributed by atoms with E-state index in [9.17, 15) is 40.9 Å². The lowest BCUT2D eigenvalue weighted by Crippen LogP contribution is -2.61. The first kappa shape index (κ1) is 29.2. The second-order valence-electron chi connectivity index (χ2n) is 8.86. The van der Waals surface area contributed by atoms with Gasteiger partial charge in [0, 0.05) is 0 Å². The fourth-order valence-corrected chi connectivity index (χ4v) is 3.53. The Morgan fingerprint density at radius 1 is 0.765 bits per heavy atom. The second kappa shape index (κ2) is 13.3. The van der Waals surface area contributed by atoms with Gasteiger partial charge in [-0.05, 0) is 32.8 Å². The minimum absolute atomic E-state index is 0.0530. The Morgan fingerprint density at radius 3 is 1.85 bits per heavy atom. The van der Waals surface area contributed by atoms with Crippen molar-refractivity contribution in [3.05, 3.63) is 23.3 Å². The highest BCUT2D eigenvalue weighted by Gasteiger charge is 2.47. The third kappa shape index (κ3) is 7.50. The quantitative estimate of drug-likeness (QED) is 0.146. The summed E-state index contributed by atoms with van der Waals surface area (Å²) in [5.74, 6) is 0. The molecule has 198 valence electrons. The van der Waals surface area contributed by atoms with Gasteiger partial charge < -0.3 is 59.8 Å². The predicted octanol–water partition coefficient (Wildman–Crippen LogP) is -2.71. The Bertz CT molecular complexity index is 679. The average molecular weight is 495 g/mol. The number of aliphatic hydroxyl groups excluding tert-OH is 8. The molecule has 2 aliphatic rings. The van der Waals surface area contributed by atoms with Crippen molar-refractivity contribution in [2.24, 2.45) is 0 Å². The van der Waals surface area contributed by atoms with Crippen LogP contribution in [0, 0.1) is 0 Å². The average Bonchev–Trinajstić information content (AvgIpc) is 2.81. The molecule has 0 aromatic heterocycles. The van der Waals surface area contributed by atoms with Crippen LogP contribution in [0.15, 0.2) is 23.3 Å². The summed E-state index contributed by atoms with van der Waals surface area (Å²) in [6, 6.07) is 0. The molecule has 2 fully saturated rings. The highest BCUT2D eigenvalue weighted by Crippen LogP contribution is 2.26. The monoisotopic (exact) mass is 494 g/mol. The van der Waals surface area contributed by atoms with Crippen molar-refractivity contribution >= 4 is 0 Å². The lowest BCUT2D eigenvalue weighted by molar-refractivity contribution is -0.330. The number of allylic oxidation sites excluding steroid dienone is 1. The Morgan fingerprint density at radius 2 is 1.29 bits per heavy atom. The molecule has 0 aromatic carbocycles. The molecule has 12 heteroatoms. The lowest BCUT2D eigenvalue weighted by Gasteiger charge is -2.42. The summed E-state index contributed by atoms with van der Waals surface area (Å²) in [6.07, 6.45) is -11.5. The molecule has 2 rings (SSSR count). The number of hydrogen-bond acceptors (Lipinski definition) is 12. The van der Waals surface area contributed by atoms with E-state index in [1.54, 1.807) is 13.0 Å². The molecule has 0 amide bonds. The van der Waals surface area contributed by atoms with Crippen molar-refractivity contribution in [1.82, 2.24) is 0 Å². The fraction of sp³-hybridized carbons (Fsp3) is 0.818.